The van der Waals surface area contributed by atoms with Crippen molar-refractivity contribution >= 4 is 26.0 Å². The zero-order valence-electron chi connectivity index (χ0n) is 12.4. The summed E-state index contributed by atoms with van der Waals surface area (Å²) in [6.07, 6.45) is 0. The van der Waals surface area contributed by atoms with Crippen LogP contribution in [0.3, 0.4) is 0 Å². The van der Waals surface area contributed by atoms with Crippen LogP contribution >= 0.6 is 15.9 Å². The number of hydrogen-bond donors (Lipinski definition) is 1. The molecule has 0 saturated carbocycles. The fourth-order valence-electron chi connectivity index (χ4n) is 2.30. The zero-order chi connectivity index (χ0) is 15.8. The quantitative estimate of drug-likeness (QED) is 0.882. The van der Waals surface area contributed by atoms with Crippen LogP contribution in [-0.2, 0) is 10.0 Å². The van der Waals surface area contributed by atoms with Crippen LogP contribution in [0.1, 0.15) is 35.6 Å². The Bertz CT molecular complexity index is 765. The van der Waals surface area contributed by atoms with Crippen LogP contribution in [0.15, 0.2) is 38.1 Å². The molecule has 1 unspecified atom stereocenters. The zero-order valence-corrected chi connectivity index (χ0v) is 14.8. The molecule has 114 valence electrons. The molecule has 1 N–H and O–H groups in total. The first-order chi connectivity index (χ1) is 9.70. The minimum Gasteiger partial charge on any atom is -0.466 e. The van der Waals surface area contributed by atoms with Crippen LogP contribution in [0.25, 0.3) is 0 Å². The number of aryl methyl sites for hydroxylation is 3. The van der Waals surface area contributed by atoms with E-state index >= 15 is 0 Å². The van der Waals surface area contributed by atoms with Crippen LogP contribution in [0, 0.1) is 20.8 Å². The second-order valence-electron chi connectivity index (χ2n) is 5.12. The van der Waals surface area contributed by atoms with Gasteiger partial charge in [0.15, 0.2) is 0 Å². The lowest BCUT2D eigenvalue weighted by atomic mass is 10.1. The number of benzene rings is 1. The lowest BCUT2D eigenvalue weighted by Gasteiger charge is -2.15. The Morgan fingerprint density at radius 1 is 1.19 bits per heavy atom. The summed E-state index contributed by atoms with van der Waals surface area (Å²) >= 11 is 3.31. The van der Waals surface area contributed by atoms with Gasteiger partial charge in [0.25, 0.3) is 0 Å². The van der Waals surface area contributed by atoms with Crippen LogP contribution in [0.2, 0.25) is 0 Å². The van der Waals surface area contributed by atoms with Crippen molar-refractivity contribution in [2.75, 3.05) is 0 Å². The largest absolute Gasteiger partial charge is 0.466 e. The SMILES string of the molecule is Cc1cc(C(C)NS(=O)(=O)c2cc(Br)ccc2C)c(C)o1. The number of rotatable bonds is 4. The standard InChI is InChI=1S/C15H18BrNO3S/c1-9-5-6-13(16)8-15(9)21(18,19)17-11(3)14-7-10(2)20-12(14)4/h5-8,11,17H,1-4H3. The van der Waals surface area contributed by atoms with Gasteiger partial charge in [-0.15, -0.1) is 0 Å². The minimum absolute atomic E-state index is 0.279. The predicted octanol–water partition coefficient (Wildman–Crippen LogP) is 4.01. The van der Waals surface area contributed by atoms with Crippen molar-refractivity contribution in [1.29, 1.82) is 0 Å². The van der Waals surface area contributed by atoms with Crippen LogP contribution in [-0.4, -0.2) is 8.42 Å². The Kier molecular flexibility index (Phi) is 4.60. The number of nitrogens with one attached hydrogen (secondary N) is 1. The van der Waals surface area contributed by atoms with Gasteiger partial charge >= 0.3 is 0 Å². The van der Waals surface area contributed by atoms with E-state index in [-0.39, 0.29) is 10.9 Å². The molecule has 0 bridgehead atoms. The van der Waals surface area contributed by atoms with E-state index in [1.165, 1.54) is 0 Å². The van der Waals surface area contributed by atoms with Crippen molar-refractivity contribution in [2.45, 2.75) is 38.6 Å². The summed E-state index contributed by atoms with van der Waals surface area (Å²) in [6, 6.07) is 6.71. The fraction of sp³-hybridized carbons (Fsp3) is 0.333. The number of hydrogen-bond acceptors (Lipinski definition) is 3. The average Bonchev–Trinajstić information content (AvgIpc) is 2.71. The summed E-state index contributed by atoms with van der Waals surface area (Å²) in [6.45, 7) is 7.26. The highest BCUT2D eigenvalue weighted by Crippen LogP contribution is 2.25. The van der Waals surface area contributed by atoms with E-state index in [1.807, 2.05) is 32.9 Å². The third-order valence-electron chi connectivity index (χ3n) is 3.32. The third kappa shape index (κ3) is 3.56. The monoisotopic (exact) mass is 371 g/mol. The van der Waals surface area contributed by atoms with Crippen LogP contribution < -0.4 is 4.72 Å². The van der Waals surface area contributed by atoms with E-state index in [4.69, 9.17) is 4.42 Å². The molecule has 1 aromatic heterocycles. The van der Waals surface area contributed by atoms with E-state index in [0.717, 1.165) is 21.6 Å². The maximum atomic E-state index is 12.5. The smallest absolute Gasteiger partial charge is 0.241 e. The second-order valence-corrected chi connectivity index (χ2v) is 7.72. The first-order valence-electron chi connectivity index (χ1n) is 6.56. The van der Waals surface area contributed by atoms with Gasteiger partial charge < -0.3 is 4.42 Å². The van der Waals surface area contributed by atoms with Crippen LogP contribution in [0.5, 0.6) is 0 Å². The molecular formula is C15H18BrNO3S. The lowest BCUT2D eigenvalue weighted by Crippen LogP contribution is -2.27. The van der Waals surface area contributed by atoms with Crippen molar-refractivity contribution in [1.82, 2.24) is 4.72 Å². The van der Waals surface area contributed by atoms with Gasteiger partial charge in [-0.2, -0.15) is 0 Å². The van der Waals surface area contributed by atoms with Gasteiger partial charge in [-0.1, -0.05) is 22.0 Å². The van der Waals surface area contributed by atoms with Crippen molar-refractivity contribution < 1.29 is 12.8 Å². The van der Waals surface area contributed by atoms with Crippen molar-refractivity contribution in [3.05, 3.63) is 51.4 Å². The summed E-state index contributed by atoms with van der Waals surface area (Å²) in [4.78, 5) is 0.279. The molecular weight excluding hydrogens is 354 g/mol. The number of furan rings is 1. The summed E-state index contributed by atoms with van der Waals surface area (Å²) in [5.74, 6) is 1.50. The Morgan fingerprint density at radius 3 is 2.43 bits per heavy atom. The molecule has 2 rings (SSSR count). The highest BCUT2D eigenvalue weighted by atomic mass is 79.9. The molecule has 0 amide bonds. The van der Waals surface area contributed by atoms with E-state index in [9.17, 15) is 8.42 Å². The number of halogens is 1. The Labute approximate surface area is 133 Å². The molecule has 0 aliphatic heterocycles. The Hall–Kier alpha value is -1.11. The lowest BCUT2D eigenvalue weighted by molar-refractivity contribution is 0.496. The van der Waals surface area contributed by atoms with Crippen molar-refractivity contribution in [2.24, 2.45) is 0 Å². The summed E-state index contributed by atoms with van der Waals surface area (Å²) < 4.78 is 34.0. The van der Waals surface area contributed by atoms with Crippen molar-refractivity contribution in [3.8, 4) is 0 Å². The minimum atomic E-state index is -3.59. The molecule has 0 aliphatic carbocycles. The first kappa shape index (κ1) is 16.3. The van der Waals surface area contributed by atoms with Crippen molar-refractivity contribution in [3.63, 3.8) is 0 Å². The molecule has 0 spiro atoms. The van der Waals surface area contributed by atoms with Gasteiger partial charge in [-0.3, -0.25) is 0 Å². The van der Waals surface area contributed by atoms with E-state index in [1.54, 1.807) is 19.1 Å². The third-order valence-corrected chi connectivity index (χ3v) is 5.49. The molecule has 0 radical (unpaired) electrons. The van der Waals surface area contributed by atoms with Gasteiger partial charge in [-0.25, -0.2) is 13.1 Å². The molecule has 1 heterocycles. The van der Waals surface area contributed by atoms with E-state index in [2.05, 4.69) is 20.7 Å². The molecule has 0 fully saturated rings. The Balaban J connectivity index is 2.33. The van der Waals surface area contributed by atoms with E-state index < -0.39 is 10.0 Å². The maximum Gasteiger partial charge on any atom is 0.241 e. The molecule has 4 nitrogen and oxygen atoms in total. The van der Waals surface area contributed by atoms with Crippen LogP contribution in [0.4, 0.5) is 0 Å². The van der Waals surface area contributed by atoms with Gasteiger partial charge in [0.2, 0.25) is 10.0 Å². The molecule has 21 heavy (non-hydrogen) atoms. The maximum absolute atomic E-state index is 12.5. The molecule has 6 heteroatoms. The molecule has 0 saturated heterocycles. The predicted molar refractivity (Wildman–Crippen MR) is 85.8 cm³/mol. The van der Waals surface area contributed by atoms with Gasteiger partial charge in [0.05, 0.1) is 4.90 Å². The number of sulfonamides is 1. The van der Waals surface area contributed by atoms with E-state index in [0.29, 0.717) is 5.56 Å². The highest BCUT2D eigenvalue weighted by Gasteiger charge is 2.22. The second kappa shape index (κ2) is 5.94. The van der Waals surface area contributed by atoms with Gasteiger partial charge in [0.1, 0.15) is 11.5 Å². The normalized spacial score (nSPS) is 13.4. The molecule has 2 aromatic rings. The topological polar surface area (TPSA) is 59.3 Å². The summed E-state index contributed by atoms with van der Waals surface area (Å²) in [5, 5.41) is 0. The molecule has 1 atom stereocenters. The van der Waals surface area contributed by atoms with Gasteiger partial charge in [-0.05, 0) is 51.5 Å². The summed E-state index contributed by atoms with van der Waals surface area (Å²) in [7, 11) is -3.59. The molecule has 0 aliphatic rings. The van der Waals surface area contributed by atoms with Gasteiger partial charge in [0, 0.05) is 16.1 Å². The summed E-state index contributed by atoms with van der Waals surface area (Å²) in [5.41, 5.74) is 1.56. The Morgan fingerprint density at radius 2 is 1.86 bits per heavy atom. The average molecular weight is 372 g/mol. The highest BCUT2D eigenvalue weighted by molar-refractivity contribution is 9.10. The first-order valence-corrected chi connectivity index (χ1v) is 8.84. The fourth-order valence-corrected chi connectivity index (χ4v) is 4.31. The molecule has 1 aromatic carbocycles.